The molecule has 0 spiro atoms. The Labute approximate surface area is 163 Å². The van der Waals surface area contributed by atoms with Crippen LogP contribution < -0.4 is 0 Å². The summed E-state index contributed by atoms with van der Waals surface area (Å²) in [6, 6.07) is 16.6. The third-order valence-corrected chi connectivity index (χ3v) is 5.13. The van der Waals surface area contributed by atoms with Gasteiger partial charge >= 0.3 is 0 Å². The van der Waals surface area contributed by atoms with E-state index >= 15 is 0 Å². The van der Waals surface area contributed by atoms with E-state index in [0.717, 1.165) is 61.1 Å². The standard InChI is InChI=1S/C21H23N5O2/c1-24-10-12-25(13-11-24)15-19-20(17-8-5-9-18(14-17)26(27)28)23-21(22-19)16-6-3-2-4-7-16/h2-9,14H,10-13,15H2,1H3,(H,22,23). The van der Waals surface area contributed by atoms with E-state index in [4.69, 9.17) is 4.98 Å². The zero-order valence-electron chi connectivity index (χ0n) is 15.8. The van der Waals surface area contributed by atoms with E-state index in [2.05, 4.69) is 21.8 Å². The maximum atomic E-state index is 11.2. The number of hydrogen-bond donors (Lipinski definition) is 1. The van der Waals surface area contributed by atoms with Gasteiger partial charge in [-0.3, -0.25) is 15.0 Å². The van der Waals surface area contributed by atoms with Crippen LogP contribution in [-0.2, 0) is 6.54 Å². The van der Waals surface area contributed by atoms with Crippen LogP contribution in [0.15, 0.2) is 54.6 Å². The lowest BCUT2D eigenvalue weighted by atomic mass is 10.1. The molecule has 1 aliphatic heterocycles. The molecule has 144 valence electrons. The van der Waals surface area contributed by atoms with Gasteiger partial charge in [0.05, 0.1) is 16.3 Å². The quantitative estimate of drug-likeness (QED) is 0.545. The molecule has 1 N–H and O–H groups in total. The van der Waals surface area contributed by atoms with Crippen LogP contribution in [-0.4, -0.2) is 57.9 Å². The molecule has 0 atom stereocenters. The van der Waals surface area contributed by atoms with Crippen molar-refractivity contribution < 1.29 is 4.92 Å². The molecule has 7 heteroatoms. The smallest absolute Gasteiger partial charge is 0.270 e. The van der Waals surface area contributed by atoms with Crippen molar-refractivity contribution in [3.63, 3.8) is 0 Å². The van der Waals surface area contributed by atoms with Crippen molar-refractivity contribution in [2.45, 2.75) is 6.54 Å². The molecule has 0 radical (unpaired) electrons. The largest absolute Gasteiger partial charge is 0.340 e. The second-order valence-corrected chi connectivity index (χ2v) is 7.17. The fraction of sp³-hybridized carbons (Fsp3) is 0.286. The van der Waals surface area contributed by atoms with Crippen molar-refractivity contribution in [1.82, 2.24) is 19.8 Å². The van der Waals surface area contributed by atoms with Gasteiger partial charge in [-0.15, -0.1) is 0 Å². The maximum absolute atomic E-state index is 11.2. The number of rotatable bonds is 5. The molecule has 4 rings (SSSR count). The van der Waals surface area contributed by atoms with Crippen LogP contribution in [0.4, 0.5) is 5.69 Å². The van der Waals surface area contributed by atoms with Gasteiger partial charge in [0.25, 0.3) is 5.69 Å². The number of nitro groups is 1. The molecule has 1 fully saturated rings. The maximum Gasteiger partial charge on any atom is 0.270 e. The van der Waals surface area contributed by atoms with Gasteiger partial charge in [-0.05, 0) is 7.05 Å². The molecule has 1 aliphatic rings. The highest BCUT2D eigenvalue weighted by Gasteiger charge is 2.20. The monoisotopic (exact) mass is 377 g/mol. The highest BCUT2D eigenvalue weighted by molar-refractivity contribution is 5.69. The predicted molar refractivity (Wildman–Crippen MR) is 109 cm³/mol. The number of imidazole rings is 1. The first kappa shape index (κ1) is 18.3. The molecule has 28 heavy (non-hydrogen) atoms. The Morgan fingerprint density at radius 1 is 1.04 bits per heavy atom. The third kappa shape index (κ3) is 3.95. The number of hydrogen-bond acceptors (Lipinski definition) is 5. The second-order valence-electron chi connectivity index (χ2n) is 7.17. The molecular formula is C21H23N5O2. The molecule has 1 saturated heterocycles. The van der Waals surface area contributed by atoms with Crippen molar-refractivity contribution in [3.05, 3.63) is 70.4 Å². The van der Waals surface area contributed by atoms with Crippen molar-refractivity contribution >= 4 is 5.69 Å². The summed E-state index contributed by atoms with van der Waals surface area (Å²) in [7, 11) is 2.13. The van der Waals surface area contributed by atoms with Crippen LogP contribution in [0.5, 0.6) is 0 Å². The van der Waals surface area contributed by atoms with Gasteiger partial charge in [-0.2, -0.15) is 0 Å². The third-order valence-electron chi connectivity index (χ3n) is 5.13. The van der Waals surface area contributed by atoms with Crippen LogP contribution in [0.25, 0.3) is 22.6 Å². The summed E-state index contributed by atoms with van der Waals surface area (Å²) in [5, 5.41) is 11.2. The van der Waals surface area contributed by atoms with Crippen LogP contribution in [0.2, 0.25) is 0 Å². The van der Waals surface area contributed by atoms with E-state index in [-0.39, 0.29) is 10.6 Å². The van der Waals surface area contributed by atoms with E-state index in [1.165, 1.54) is 6.07 Å². The number of likely N-dealkylation sites (N-methyl/N-ethyl adjacent to an activating group) is 1. The number of nitrogens with one attached hydrogen (secondary N) is 1. The minimum absolute atomic E-state index is 0.0762. The molecule has 2 aromatic carbocycles. The Bertz CT molecular complexity index is 962. The Morgan fingerprint density at radius 2 is 1.75 bits per heavy atom. The van der Waals surface area contributed by atoms with E-state index < -0.39 is 0 Å². The summed E-state index contributed by atoms with van der Waals surface area (Å²) in [6.07, 6.45) is 0. The Kier molecular flexibility index (Phi) is 5.18. The highest BCUT2D eigenvalue weighted by atomic mass is 16.6. The fourth-order valence-electron chi connectivity index (χ4n) is 3.49. The number of non-ortho nitro benzene ring substituents is 1. The van der Waals surface area contributed by atoms with Crippen LogP contribution in [0.3, 0.4) is 0 Å². The first-order chi connectivity index (χ1) is 13.6. The second kappa shape index (κ2) is 7.92. The summed E-state index contributed by atoms with van der Waals surface area (Å²) in [5.74, 6) is 0.784. The summed E-state index contributed by atoms with van der Waals surface area (Å²) in [4.78, 5) is 23.8. The highest BCUT2D eigenvalue weighted by Crippen LogP contribution is 2.29. The molecular weight excluding hydrogens is 354 g/mol. The molecule has 0 unspecified atom stereocenters. The molecule has 3 aromatic rings. The SMILES string of the molecule is CN1CCN(Cc2[nH]c(-c3ccccc3)nc2-c2cccc([N+](=O)[O-])c2)CC1. The average molecular weight is 377 g/mol. The van der Waals surface area contributed by atoms with Crippen LogP contribution in [0.1, 0.15) is 5.69 Å². The summed E-state index contributed by atoms with van der Waals surface area (Å²) in [6.45, 7) is 4.79. The van der Waals surface area contributed by atoms with Crippen LogP contribution >= 0.6 is 0 Å². The minimum atomic E-state index is -0.367. The van der Waals surface area contributed by atoms with Crippen molar-refractivity contribution in [3.8, 4) is 22.6 Å². The molecule has 0 aliphatic carbocycles. The lowest BCUT2D eigenvalue weighted by Gasteiger charge is -2.32. The molecule has 0 bridgehead atoms. The number of nitrogens with zero attached hydrogens (tertiary/aromatic N) is 4. The average Bonchev–Trinajstić information content (AvgIpc) is 3.14. The zero-order valence-corrected chi connectivity index (χ0v) is 15.8. The molecule has 7 nitrogen and oxygen atoms in total. The van der Waals surface area contributed by atoms with Gasteiger partial charge in [0.2, 0.25) is 0 Å². The van der Waals surface area contributed by atoms with Crippen molar-refractivity contribution in [2.75, 3.05) is 33.2 Å². The number of nitro benzene ring substituents is 1. The fourth-order valence-corrected chi connectivity index (χ4v) is 3.49. The Morgan fingerprint density at radius 3 is 2.46 bits per heavy atom. The molecule has 1 aromatic heterocycles. The van der Waals surface area contributed by atoms with Crippen LogP contribution in [0, 0.1) is 10.1 Å². The predicted octanol–water partition coefficient (Wildman–Crippen LogP) is 3.40. The van der Waals surface area contributed by atoms with Crippen molar-refractivity contribution in [1.29, 1.82) is 0 Å². The number of benzene rings is 2. The topological polar surface area (TPSA) is 78.3 Å². The van der Waals surface area contributed by atoms with Gasteiger partial charge < -0.3 is 9.88 Å². The van der Waals surface area contributed by atoms with Gasteiger partial charge in [0.1, 0.15) is 5.82 Å². The Hall–Kier alpha value is -3.03. The van der Waals surface area contributed by atoms with Gasteiger partial charge in [-0.25, -0.2) is 4.98 Å². The first-order valence-corrected chi connectivity index (χ1v) is 9.40. The summed E-state index contributed by atoms with van der Waals surface area (Å²) < 4.78 is 0. The molecule has 2 heterocycles. The lowest BCUT2D eigenvalue weighted by molar-refractivity contribution is -0.384. The van der Waals surface area contributed by atoms with E-state index in [1.54, 1.807) is 12.1 Å². The molecule has 0 amide bonds. The number of H-pyrrole nitrogens is 1. The van der Waals surface area contributed by atoms with Gasteiger partial charge in [-0.1, -0.05) is 42.5 Å². The number of piperazine rings is 1. The van der Waals surface area contributed by atoms with Gasteiger partial charge in [0.15, 0.2) is 0 Å². The minimum Gasteiger partial charge on any atom is -0.340 e. The number of aromatic amines is 1. The first-order valence-electron chi connectivity index (χ1n) is 9.40. The lowest BCUT2D eigenvalue weighted by Crippen LogP contribution is -2.44. The zero-order chi connectivity index (χ0) is 19.5. The Balaban J connectivity index is 1.72. The summed E-state index contributed by atoms with van der Waals surface area (Å²) >= 11 is 0. The van der Waals surface area contributed by atoms with Crippen molar-refractivity contribution in [2.24, 2.45) is 0 Å². The number of aromatic nitrogens is 2. The normalized spacial score (nSPS) is 15.6. The van der Waals surface area contributed by atoms with E-state index in [1.807, 2.05) is 36.4 Å². The van der Waals surface area contributed by atoms with Gasteiger partial charge in [0, 0.05) is 56.0 Å². The summed E-state index contributed by atoms with van der Waals surface area (Å²) in [5.41, 5.74) is 3.60. The van der Waals surface area contributed by atoms with E-state index in [9.17, 15) is 10.1 Å². The van der Waals surface area contributed by atoms with E-state index in [0.29, 0.717) is 0 Å². The molecule has 0 saturated carbocycles.